The van der Waals surface area contributed by atoms with Gasteiger partial charge in [0.2, 0.25) is 0 Å². The van der Waals surface area contributed by atoms with Crippen LogP contribution in [0.4, 0.5) is 0 Å². The molecule has 0 radical (unpaired) electrons. The molecule has 0 aliphatic heterocycles. The number of hydrogen-bond donors (Lipinski definition) is 1. The van der Waals surface area contributed by atoms with Gasteiger partial charge in [-0.15, -0.1) is 0 Å². The lowest BCUT2D eigenvalue weighted by atomic mass is 9.98. The Kier molecular flexibility index (Phi) is 6.87. The van der Waals surface area contributed by atoms with E-state index in [1.54, 1.807) is 0 Å². The van der Waals surface area contributed by atoms with Crippen LogP contribution in [0.3, 0.4) is 0 Å². The molecule has 110 valence electrons. The molecule has 3 nitrogen and oxygen atoms in total. The fourth-order valence-electron chi connectivity index (χ4n) is 2.40. The zero-order valence-corrected chi connectivity index (χ0v) is 13.7. The standard InChI is InChI=1S/C15H28ClN3/c1-6-10-17-13(11(3)4)8-9-14-15(16)12(5)18-19(14)7-2/h11,13,17H,6-10H2,1-5H3. The smallest absolute Gasteiger partial charge is 0.0847 e. The first-order chi connectivity index (χ1) is 9.01. The summed E-state index contributed by atoms with van der Waals surface area (Å²) in [6.07, 6.45) is 3.28. The topological polar surface area (TPSA) is 29.9 Å². The lowest BCUT2D eigenvalue weighted by molar-refractivity contribution is 0.374. The van der Waals surface area contributed by atoms with Crippen LogP contribution in [0, 0.1) is 12.8 Å². The van der Waals surface area contributed by atoms with E-state index in [0.717, 1.165) is 36.6 Å². The molecular formula is C15H28ClN3. The third-order valence-corrected chi connectivity index (χ3v) is 4.10. The van der Waals surface area contributed by atoms with E-state index in [-0.39, 0.29) is 0 Å². The molecule has 1 N–H and O–H groups in total. The maximum Gasteiger partial charge on any atom is 0.0847 e. The van der Waals surface area contributed by atoms with Crippen molar-refractivity contribution in [2.75, 3.05) is 6.54 Å². The van der Waals surface area contributed by atoms with Crippen LogP contribution in [-0.2, 0) is 13.0 Å². The molecule has 19 heavy (non-hydrogen) atoms. The van der Waals surface area contributed by atoms with E-state index in [0.29, 0.717) is 12.0 Å². The highest BCUT2D eigenvalue weighted by Crippen LogP contribution is 2.23. The molecule has 0 spiro atoms. The average molecular weight is 286 g/mol. The molecule has 1 heterocycles. The normalized spacial score (nSPS) is 13.2. The molecule has 0 aliphatic rings. The van der Waals surface area contributed by atoms with Crippen molar-refractivity contribution < 1.29 is 0 Å². The second-order valence-electron chi connectivity index (χ2n) is 5.51. The van der Waals surface area contributed by atoms with Crippen LogP contribution >= 0.6 is 11.6 Å². The highest BCUT2D eigenvalue weighted by molar-refractivity contribution is 6.31. The summed E-state index contributed by atoms with van der Waals surface area (Å²) in [5, 5.41) is 8.96. The van der Waals surface area contributed by atoms with Gasteiger partial charge in [-0.05, 0) is 45.6 Å². The highest BCUT2D eigenvalue weighted by Gasteiger charge is 2.17. The zero-order valence-electron chi connectivity index (χ0n) is 13.0. The molecule has 0 fully saturated rings. The van der Waals surface area contributed by atoms with Gasteiger partial charge in [-0.3, -0.25) is 4.68 Å². The SMILES string of the molecule is CCCNC(CCc1c(Cl)c(C)nn1CC)C(C)C. The monoisotopic (exact) mass is 285 g/mol. The maximum absolute atomic E-state index is 6.36. The van der Waals surface area contributed by atoms with Gasteiger partial charge in [0.15, 0.2) is 0 Å². The lowest BCUT2D eigenvalue weighted by Crippen LogP contribution is -2.35. The summed E-state index contributed by atoms with van der Waals surface area (Å²) in [6.45, 7) is 12.8. The van der Waals surface area contributed by atoms with Gasteiger partial charge in [0, 0.05) is 12.6 Å². The Morgan fingerprint density at radius 3 is 2.53 bits per heavy atom. The summed E-state index contributed by atoms with van der Waals surface area (Å²) in [6, 6.07) is 0.552. The fraction of sp³-hybridized carbons (Fsp3) is 0.800. The summed E-state index contributed by atoms with van der Waals surface area (Å²) in [5.74, 6) is 0.643. The molecule has 1 unspecified atom stereocenters. The van der Waals surface area contributed by atoms with Gasteiger partial charge in [0.05, 0.1) is 16.4 Å². The van der Waals surface area contributed by atoms with Crippen molar-refractivity contribution in [1.82, 2.24) is 15.1 Å². The lowest BCUT2D eigenvalue weighted by Gasteiger charge is -2.22. The van der Waals surface area contributed by atoms with Crippen LogP contribution in [0.15, 0.2) is 0 Å². The molecule has 4 heteroatoms. The van der Waals surface area contributed by atoms with Crippen LogP contribution < -0.4 is 5.32 Å². The van der Waals surface area contributed by atoms with E-state index in [1.165, 1.54) is 12.1 Å². The minimum atomic E-state index is 0.552. The van der Waals surface area contributed by atoms with E-state index >= 15 is 0 Å². The first-order valence-corrected chi connectivity index (χ1v) is 7.84. The zero-order chi connectivity index (χ0) is 14.4. The van der Waals surface area contributed by atoms with Gasteiger partial charge in [-0.2, -0.15) is 5.10 Å². The summed E-state index contributed by atoms with van der Waals surface area (Å²) in [4.78, 5) is 0. The molecule has 1 aromatic rings. The largest absolute Gasteiger partial charge is 0.314 e. The fourth-order valence-corrected chi connectivity index (χ4v) is 2.63. The van der Waals surface area contributed by atoms with Gasteiger partial charge >= 0.3 is 0 Å². The number of aryl methyl sites for hydroxylation is 2. The van der Waals surface area contributed by atoms with Crippen LogP contribution in [-0.4, -0.2) is 22.4 Å². The number of halogens is 1. The van der Waals surface area contributed by atoms with Crippen molar-refractivity contribution in [3.63, 3.8) is 0 Å². The summed E-state index contributed by atoms with van der Waals surface area (Å²) >= 11 is 6.36. The van der Waals surface area contributed by atoms with Crippen molar-refractivity contribution in [2.45, 2.75) is 66.5 Å². The molecule has 1 aromatic heterocycles. The minimum absolute atomic E-state index is 0.552. The van der Waals surface area contributed by atoms with Crippen molar-refractivity contribution in [3.05, 3.63) is 16.4 Å². The average Bonchev–Trinajstić information content (AvgIpc) is 2.65. The quantitative estimate of drug-likeness (QED) is 0.787. The Bertz CT molecular complexity index is 385. The summed E-state index contributed by atoms with van der Waals surface area (Å²) < 4.78 is 2.04. The van der Waals surface area contributed by atoms with Gasteiger partial charge < -0.3 is 5.32 Å². The Balaban J connectivity index is 2.68. The van der Waals surface area contributed by atoms with Gasteiger partial charge in [0.25, 0.3) is 0 Å². The molecule has 1 atom stereocenters. The number of nitrogens with one attached hydrogen (secondary N) is 1. The van der Waals surface area contributed by atoms with E-state index < -0.39 is 0 Å². The van der Waals surface area contributed by atoms with Crippen LogP contribution in [0.5, 0.6) is 0 Å². The molecule has 0 bridgehead atoms. The van der Waals surface area contributed by atoms with Crippen molar-refractivity contribution in [3.8, 4) is 0 Å². The number of rotatable bonds is 8. The van der Waals surface area contributed by atoms with Crippen molar-refractivity contribution >= 4 is 11.6 Å². The van der Waals surface area contributed by atoms with E-state index in [9.17, 15) is 0 Å². The summed E-state index contributed by atoms with van der Waals surface area (Å²) in [7, 11) is 0. The first kappa shape index (κ1) is 16.5. The highest BCUT2D eigenvalue weighted by atomic mass is 35.5. The Morgan fingerprint density at radius 1 is 1.32 bits per heavy atom. The molecular weight excluding hydrogens is 258 g/mol. The van der Waals surface area contributed by atoms with Crippen molar-refractivity contribution in [2.24, 2.45) is 5.92 Å². The van der Waals surface area contributed by atoms with E-state index in [1.807, 2.05) is 11.6 Å². The molecule has 0 aromatic carbocycles. The molecule has 0 saturated carbocycles. The number of aromatic nitrogens is 2. The van der Waals surface area contributed by atoms with Gasteiger partial charge in [-0.25, -0.2) is 0 Å². The van der Waals surface area contributed by atoms with Crippen LogP contribution in [0.1, 0.15) is 51.9 Å². The Morgan fingerprint density at radius 2 is 2.00 bits per heavy atom. The van der Waals surface area contributed by atoms with E-state index in [2.05, 4.69) is 38.1 Å². The van der Waals surface area contributed by atoms with Gasteiger partial charge in [0.1, 0.15) is 0 Å². The van der Waals surface area contributed by atoms with Crippen LogP contribution in [0.25, 0.3) is 0 Å². The van der Waals surface area contributed by atoms with Crippen LogP contribution in [0.2, 0.25) is 5.02 Å². The number of hydrogen-bond acceptors (Lipinski definition) is 2. The maximum atomic E-state index is 6.36. The third-order valence-electron chi connectivity index (χ3n) is 3.61. The minimum Gasteiger partial charge on any atom is -0.314 e. The van der Waals surface area contributed by atoms with Crippen molar-refractivity contribution in [1.29, 1.82) is 0 Å². The van der Waals surface area contributed by atoms with E-state index in [4.69, 9.17) is 11.6 Å². The second kappa shape index (κ2) is 7.91. The first-order valence-electron chi connectivity index (χ1n) is 7.46. The Hall–Kier alpha value is -0.540. The molecule has 0 amide bonds. The molecule has 0 aliphatic carbocycles. The number of nitrogens with zero attached hydrogens (tertiary/aromatic N) is 2. The predicted molar refractivity (Wildman–Crippen MR) is 82.9 cm³/mol. The molecule has 0 saturated heterocycles. The third kappa shape index (κ3) is 4.50. The predicted octanol–water partition coefficient (Wildman–Crippen LogP) is 3.82. The Labute approximate surface area is 122 Å². The van der Waals surface area contributed by atoms with Gasteiger partial charge in [-0.1, -0.05) is 32.4 Å². The summed E-state index contributed by atoms with van der Waals surface area (Å²) in [5.41, 5.74) is 2.13. The molecule has 1 rings (SSSR count). The second-order valence-corrected chi connectivity index (χ2v) is 5.88.